The van der Waals surface area contributed by atoms with Crippen LogP contribution in [0.3, 0.4) is 0 Å². The molecule has 0 radical (unpaired) electrons. The summed E-state index contributed by atoms with van der Waals surface area (Å²) in [5, 5.41) is 0.543. The number of benzene rings is 1. The predicted octanol–water partition coefficient (Wildman–Crippen LogP) is 4.05. The molecule has 3 heteroatoms. The number of pyridine rings is 1. The normalized spacial score (nSPS) is 10.4. The van der Waals surface area contributed by atoms with Crippen molar-refractivity contribution in [2.45, 2.75) is 11.3 Å². The van der Waals surface area contributed by atoms with E-state index in [0.717, 1.165) is 6.42 Å². The summed E-state index contributed by atoms with van der Waals surface area (Å²) in [5.41, 5.74) is 2.48. The molecule has 0 bridgehead atoms. The van der Waals surface area contributed by atoms with Crippen LogP contribution in [-0.4, -0.2) is 11.2 Å². The molecule has 2 aromatic rings. The minimum Gasteiger partial charge on any atom is -0.244 e. The van der Waals surface area contributed by atoms with Crippen LogP contribution in [0.4, 0.5) is 0 Å². The molecule has 0 saturated carbocycles. The molecule has 0 spiro atoms. The van der Waals surface area contributed by atoms with Gasteiger partial charge >= 0.3 is 0 Å². The molecule has 0 aliphatic rings. The van der Waals surface area contributed by atoms with Crippen molar-refractivity contribution in [3.05, 3.63) is 58.9 Å². The molecule has 0 N–H and O–H groups in total. The third-order valence-electron chi connectivity index (χ3n) is 2.36. The van der Waals surface area contributed by atoms with Crippen LogP contribution in [0, 0.1) is 0 Å². The number of hydrogen-bond donors (Lipinski definition) is 0. The second kappa shape index (κ2) is 5.37. The fourth-order valence-corrected chi connectivity index (χ4v) is 2.01. The highest BCUT2D eigenvalue weighted by Crippen LogP contribution is 2.17. The van der Waals surface area contributed by atoms with E-state index in [2.05, 4.69) is 35.5 Å². The molecule has 16 heavy (non-hydrogen) atoms. The standard InChI is InChI=1S/C13H12ClNS/c1-16-12-5-2-10(3-6-12)8-11-4-7-13(14)15-9-11/h2-7,9H,8H2,1H3. The van der Waals surface area contributed by atoms with E-state index in [9.17, 15) is 0 Å². The molecule has 0 fully saturated rings. The highest BCUT2D eigenvalue weighted by Gasteiger charge is 1.97. The van der Waals surface area contributed by atoms with Crippen molar-refractivity contribution in [3.63, 3.8) is 0 Å². The average Bonchev–Trinajstić information content (AvgIpc) is 2.33. The van der Waals surface area contributed by atoms with Gasteiger partial charge in [0.15, 0.2) is 0 Å². The Labute approximate surface area is 105 Å². The molecule has 0 atom stereocenters. The number of halogens is 1. The number of thioether (sulfide) groups is 1. The smallest absolute Gasteiger partial charge is 0.129 e. The molecule has 1 heterocycles. The minimum atomic E-state index is 0.543. The second-order valence-corrected chi connectivity index (χ2v) is 4.78. The molecule has 1 aromatic carbocycles. The van der Waals surface area contributed by atoms with Crippen molar-refractivity contribution in [1.29, 1.82) is 0 Å². The molecule has 0 amide bonds. The number of nitrogens with zero attached hydrogens (tertiary/aromatic N) is 1. The molecule has 0 saturated heterocycles. The van der Waals surface area contributed by atoms with Gasteiger partial charge in [0, 0.05) is 11.1 Å². The van der Waals surface area contributed by atoms with Gasteiger partial charge < -0.3 is 0 Å². The zero-order valence-corrected chi connectivity index (χ0v) is 10.6. The third-order valence-corrected chi connectivity index (χ3v) is 3.32. The first-order chi connectivity index (χ1) is 7.78. The maximum Gasteiger partial charge on any atom is 0.129 e. The Hall–Kier alpha value is -0.990. The Kier molecular flexibility index (Phi) is 3.86. The summed E-state index contributed by atoms with van der Waals surface area (Å²) >= 11 is 7.50. The van der Waals surface area contributed by atoms with Gasteiger partial charge in [-0.1, -0.05) is 29.8 Å². The van der Waals surface area contributed by atoms with Gasteiger partial charge in [0.25, 0.3) is 0 Å². The van der Waals surface area contributed by atoms with Crippen molar-refractivity contribution in [2.24, 2.45) is 0 Å². The lowest BCUT2D eigenvalue weighted by Crippen LogP contribution is -1.89. The van der Waals surface area contributed by atoms with E-state index >= 15 is 0 Å². The van der Waals surface area contributed by atoms with Gasteiger partial charge in [-0.3, -0.25) is 0 Å². The van der Waals surface area contributed by atoms with Crippen LogP contribution in [0.15, 0.2) is 47.5 Å². The zero-order chi connectivity index (χ0) is 11.4. The van der Waals surface area contributed by atoms with E-state index in [4.69, 9.17) is 11.6 Å². The number of hydrogen-bond acceptors (Lipinski definition) is 2. The molecule has 1 aromatic heterocycles. The van der Waals surface area contributed by atoms with E-state index < -0.39 is 0 Å². The topological polar surface area (TPSA) is 12.9 Å². The SMILES string of the molecule is CSc1ccc(Cc2ccc(Cl)nc2)cc1. The monoisotopic (exact) mass is 249 g/mol. The molecule has 0 aliphatic carbocycles. The summed E-state index contributed by atoms with van der Waals surface area (Å²) in [4.78, 5) is 5.36. The summed E-state index contributed by atoms with van der Waals surface area (Å²) in [6.45, 7) is 0. The summed E-state index contributed by atoms with van der Waals surface area (Å²) < 4.78 is 0. The number of aromatic nitrogens is 1. The molecular weight excluding hydrogens is 238 g/mol. The highest BCUT2D eigenvalue weighted by molar-refractivity contribution is 7.98. The van der Waals surface area contributed by atoms with E-state index in [-0.39, 0.29) is 0 Å². The van der Waals surface area contributed by atoms with Crippen molar-refractivity contribution >= 4 is 23.4 Å². The lowest BCUT2D eigenvalue weighted by molar-refractivity contribution is 1.14. The molecule has 2 rings (SSSR count). The van der Waals surface area contributed by atoms with Crippen LogP contribution >= 0.6 is 23.4 Å². The second-order valence-electron chi connectivity index (χ2n) is 3.51. The van der Waals surface area contributed by atoms with E-state index in [0.29, 0.717) is 5.15 Å². The first kappa shape index (κ1) is 11.5. The molecule has 82 valence electrons. The largest absolute Gasteiger partial charge is 0.244 e. The Morgan fingerprint density at radius 1 is 1.06 bits per heavy atom. The van der Waals surface area contributed by atoms with Crippen molar-refractivity contribution in [2.75, 3.05) is 6.26 Å². The number of rotatable bonds is 3. The fourth-order valence-electron chi connectivity index (χ4n) is 1.49. The summed E-state index contributed by atoms with van der Waals surface area (Å²) in [6, 6.07) is 12.4. The lowest BCUT2D eigenvalue weighted by atomic mass is 10.1. The van der Waals surface area contributed by atoms with Crippen LogP contribution in [0.5, 0.6) is 0 Å². The summed E-state index contributed by atoms with van der Waals surface area (Å²) in [7, 11) is 0. The zero-order valence-electron chi connectivity index (χ0n) is 8.98. The average molecular weight is 250 g/mol. The Morgan fingerprint density at radius 2 is 1.75 bits per heavy atom. The van der Waals surface area contributed by atoms with Gasteiger partial charge in [-0.2, -0.15) is 0 Å². The van der Waals surface area contributed by atoms with Gasteiger partial charge in [0.2, 0.25) is 0 Å². The molecular formula is C13H12ClNS. The Bertz CT molecular complexity index is 450. The highest BCUT2D eigenvalue weighted by atomic mass is 35.5. The lowest BCUT2D eigenvalue weighted by Gasteiger charge is -2.02. The summed E-state index contributed by atoms with van der Waals surface area (Å²) in [6.07, 6.45) is 4.81. The van der Waals surface area contributed by atoms with Crippen molar-refractivity contribution in [3.8, 4) is 0 Å². The first-order valence-corrected chi connectivity index (χ1v) is 6.61. The van der Waals surface area contributed by atoms with Crippen LogP contribution in [0.25, 0.3) is 0 Å². The van der Waals surface area contributed by atoms with Gasteiger partial charge in [-0.05, 0) is 42.0 Å². The predicted molar refractivity (Wildman–Crippen MR) is 70.3 cm³/mol. The quantitative estimate of drug-likeness (QED) is 0.601. The van der Waals surface area contributed by atoms with Gasteiger partial charge in [0.1, 0.15) is 5.15 Å². The van der Waals surface area contributed by atoms with E-state index in [1.165, 1.54) is 16.0 Å². The van der Waals surface area contributed by atoms with Crippen molar-refractivity contribution in [1.82, 2.24) is 4.98 Å². The van der Waals surface area contributed by atoms with Crippen LogP contribution < -0.4 is 0 Å². The fraction of sp³-hybridized carbons (Fsp3) is 0.154. The minimum absolute atomic E-state index is 0.543. The summed E-state index contributed by atoms with van der Waals surface area (Å²) in [5.74, 6) is 0. The molecule has 1 nitrogen and oxygen atoms in total. The van der Waals surface area contributed by atoms with Crippen LogP contribution in [0.1, 0.15) is 11.1 Å². The van der Waals surface area contributed by atoms with Crippen LogP contribution in [-0.2, 0) is 6.42 Å². The molecule has 0 aliphatic heterocycles. The van der Waals surface area contributed by atoms with Gasteiger partial charge in [-0.15, -0.1) is 11.8 Å². The Balaban J connectivity index is 2.11. The van der Waals surface area contributed by atoms with E-state index in [1.807, 2.05) is 18.3 Å². The van der Waals surface area contributed by atoms with Crippen LogP contribution in [0.2, 0.25) is 5.15 Å². The van der Waals surface area contributed by atoms with Gasteiger partial charge in [-0.25, -0.2) is 4.98 Å². The molecule has 0 unspecified atom stereocenters. The Morgan fingerprint density at radius 3 is 2.31 bits per heavy atom. The van der Waals surface area contributed by atoms with Gasteiger partial charge in [0.05, 0.1) is 0 Å². The van der Waals surface area contributed by atoms with E-state index in [1.54, 1.807) is 11.8 Å². The van der Waals surface area contributed by atoms with Crippen molar-refractivity contribution < 1.29 is 0 Å². The first-order valence-electron chi connectivity index (χ1n) is 5.01. The maximum absolute atomic E-state index is 5.74. The third kappa shape index (κ3) is 3.00. The maximum atomic E-state index is 5.74.